The highest BCUT2D eigenvalue weighted by molar-refractivity contribution is 5.78. The Morgan fingerprint density at radius 3 is 2.36 bits per heavy atom. The molecule has 8 nitrogen and oxygen atoms in total. The van der Waals surface area contributed by atoms with Crippen molar-refractivity contribution in [3.8, 4) is 0 Å². The summed E-state index contributed by atoms with van der Waals surface area (Å²) in [5, 5.41) is 8.92. The molecular weight excluding hydrogens is 356 g/mol. The minimum atomic E-state index is 0.131. The molecule has 4 heterocycles. The van der Waals surface area contributed by atoms with Gasteiger partial charge in [-0.2, -0.15) is 0 Å². The Labute approximate surface area is 166 Å². The van der Waals surface area contributed by atoms with Gasteiger partial charge in [-0.25, -0.2) is 0 Å². The Hall–Kier alpha value is -1.96. The second kappa shape index (κ2) is 8.59. The maximum Gasteiger partial charge on any atom is 0.236 e. The third kappa shape index (κ3) is 4.21. The van der Waals surface area contributed by atoms with Crippen molar-refractivity contribution in [3.05, 3.63) is 11.6 Å². The van der Waals surface area contributed by atoms with E-state index in [1.165, 1.54) is 6.42 Å². The van der Waals surface area contributed by atoms with Crippen LogP contribution in [0.15, 0.2) is 0 Å². The fourth-order valence-electron chi connectivity index (χ4n) is 4.75. The summed E-state index contributed by atoms with van der Waals surface area (Å²) >= 11 is 0. The fourth-order valence-corrected chi connectivity index (χ4v) is 4.75. The van der Waals surface area contributed by atoms with Crippen molar-refractivity contribution in [2.75, 3.05) is 45.8 Å². The van der Waals surface area contributed by atoms with Crippen molar-refractivity contribution >= 4 is 11.8 Å². The minimum Gasteiger partial charge on any atom is -0.342 e. The summed E-state index contributed by atoms with van der Waals surface area (Å²) in [7, 11) is 0. The molecule has 2 amide bonds. The van der Waals surface area contributed by atoms with Crippen molar-refractivity contribution in [3.63, 3.8) is 0 Å². The van der Waals surface area contributed by atoms with Crippen LogP contribution in [0.2, 0.25) is 0 Å². The van der Waals surface area contributed by atoms with Crippen LogP contribution in [0.25, 0.3) is 0 Å². The molecular formula is C20H32N6O2. The Morgan fingerprint density at radius 1 is 0.893 bits per heavy atom. The molecule has 28 heavy (non-hydrogen) atoms. The molecule has 1 aromatic heterocycles. The van der Waals surface area contributed by atoms with Crippen LogP contribution in [0, 0.1) is 0 Å². The zero-order valence-corrected chi connectivity index (χ0v) is 17.0. The lowest BCUT2D eigenvalue weighted by Crippen LogP contribution is -2.45. The fraction of sp³-hybridized carbons (Fsp3) is 0.800. The Kier molecular flexibility index (Phi) is 5.94. The molecule has 0 bridgehead atoms. The highest BCUT2D eigenvalue weighted by atomic mass is 16.2. The maximum absolute atomic E-state index is 12.5. The number of hydrogen-bond acceptors (Lipinski definition) is 5. The van der Waals surface area contributed by atoms with Crippen LogP contribution in [0.5, 0.6) is 0 Å². The van der Waals surface area contributed by atoms with E-state index in [0.29, 0.717) is 18.4 Å². The molecule has 0 atom stereocenters. The van der Waals surface area contributed by atoms with E-state index < -0.39 is 0 Å². The van der Waals surface area contributed by atoms with Gasteiger partial charge in [0.2, 0.25) is 11.8 Å². The standard InChI is InChI=1S/C20H32N6O2/c1-16(27)24-12-7-18-21-22-20(26(18)14-13-24)17-5-10-23(11-6-17)15-19(28)25-8-3-2-4-9-25/h17H,2-15H2,1H3. The molecule has 8 heteroatoms. The first-order valence-corrected chi connectivity index (χ1v) is 10.8. The number of rotatable bonds is 3. The van der Waals surface area contributed by atoms with E-state index in [-0.39, 0.29) is 5.91 Å². The molecule has 2 fully saturated rings. The van der Waals surface area contributed by atoms with Crippen molar-refractivity contribution in [1.29, 1.82) is 0 Å². The number of aromatic nitrogens is 3. The molecule has 0 unspecified atom stereocenters. The van der Waals surface area contributed by atoms with E-state index in [9.17, 15) is 9.59 Å². The van der Waals surface area contributed by atoms with E-state index in [1.54, 1.807) is 6.92 Å². The number of carbonyl (C=O) groups is 2. The van der Waals surface area contributed by atoms with Crippen LogP contribution in [-0.2, 0) is 22.6 Å². The molecule has 0 aromatic carbocycles. The van der Waals surface area contributed by atoms with Gasteiger partial charge in [0.05, 0.1) is 6.54 Å². The summed E-state index contributed by atoms with van der Waals surface area (Å²) in [6.07, 6.45) is 6.35. The first-order valence-electron chi connectivity index (χ1n) is 10.8. The van der Waals surface area contributed by atoms with Gasteiger partial charge in [-0.05, 0) is 45.2 Å². The van der Waals surface area contributed by atoms with Crippen LogP contribution in [0.3, 0.4) is 0 Å². The van der Waals surface area contributed by atoms with Crippen molar-refractivity contribution in [1.82, 2.24) is 29.5 Å². The Bertz CT molecular complexity index is 704. The van der Waals surface area contributed by atoms with Gasteiger partial charge >= 0.3 is 0 Å². The number of likely N-dealkylation sites (tertiary alicyclic amines) is 2. The zero-order valence-electron chi connectivity index (χ0n) is 17.0. The van der Waals surface area contributed by atoms with Gasteiger partial charge in [-0.1, -0.05) is 0 Å². The topological polar surface area (TPSA) is 74.6 Å². The molecule has 0 aliphatic carbocycles. The summed E-state index contributed by atoms with van der Waals surface area (Å²) in [5.74, 6) is 2.89. The van der Waals surface area contributed by atoms with Crippen LogP contribution in [-0.4, -0.2) is 87.1 Å². The normalized spacial score (nSPS) is 22.0. The summed E-state index contributed by atoms with van der Waals surface area (Å²) in [6.45, 7) is 8.16. The molecule has 3 aliphatic heterocycles. The maximum atomic E-state index is 12.5. The number of amides is 2. The lowest BCUT2D eigenvalue weighted by atomic mass is 9.95. The van der Waals surface area contributed by atoms with E-state index in [0.717, 1.165) is 89.6 Å². The molecule has 1 aromatic rings. The van der Waals surface area contributed by atoms with E-state index in [4.69, 9.17) is 0 Å². The summed E-state index contributed by atoms with van der Waals surface area (Å²) < 4.78 is 2.24. The molecule has 0 radical (unpaired) electrons. The Morgan fingerprint density at radius 2 is 1.64 bits per heavy atom. The van der Waals surface area contributed by atoms with Crippen LogP contribution >= 0.6 is 0 Å². The van der Waals surface area contributed by atoms with E-state index in [1.807, 2.05) is 9.80 Å². The monoisotopic (exact) mass is 388 g/mol. The van der Waals surface area contributed by atoms with Crippen LogP contribution in [0.1, 0.15) is 56.6 Å². The first kappa shape index (κ1) is 19.4. The SMILES string of the molecule is CC(=O)N1CCc2nnc(C3CCN(CC(=O)N4CCCCC4)CC3)n2CC1. The third-order valence-corrected chi connectivity index (χ3v) is 6.52. The van der Waals surface area contributed by atoms with Crippen molar-refractivity contribution in [2.45, 2.75) is 57.9 Å². The molecule has 0 spiro atoms. The van der Waals surface area contributed by atoms with E-state index in [2.05, 4.69) is 19.7 Å². The first-order chi connectivity index (χ1) is 13.6. The van der Waals surface area contributed by atoms with Gasteiger partial charge in [-0.15, -0.1) is 10.2 Å². The van der Waals surface area contributed by atoms with Gasteiger partial charge in [0, 0.05) is 52.0 Å². The average molecular weight is 389 g/mol. The lowest BCUT2D eigenvalue weighted by molar-refractivity contribution is -0.133. The third-order valence-electron chi connectivity index (χ3n) is 6.52. The number of hydrogen-bond donors (Lipinski definition) is 0. The van der Waals surface area contributed by atoms with Gasteiger partial charge in [0.15, 0.2) is 0 Å². The van der Waals surface area contributed by atoms with Crippen molar-refractivity contribution < 1.29 is 9.59 Å². The van der Waals surface area contributed by atoms with Crippen molar-refractivity contribution in [2.24, 2.45) is 0 Å². The molecule has 0 N–H and O–H groups in total. The summed E-state index contributed by atoms with van der Waals surface area (Å²) in [4.78, 5) is 30.4. The van der Waals surface area contributed by atoms with Crippen LogP contribution < -0.4 is 0 Å². The Balaban J connectivity index is 1.32. The van der Waals surface area contributed by atoms with Crippen LogP contribution in [0.4, 0.5) is 0 Å². The summed E-state index contributed by atoms with van der Waals surface area (Å²) in [5.41, 5.74) is 0. The molecule has 4 rings (SSSR count). The number of carbonyl (C=O) groups excluding carboxylic acids is 2. The highest BCUT2D eigenvalue weighted by Gasteiger charge is 2.29. The highest BCUT2D eigenvalue weighted by Crippen LogP contribution is 2.28. The molecule has 0 saturated carbocycles. The number of fused-ring (bicyclic) bond motifs is 1. The quantitative estimate of drug-likeness (QED) is 0.768. The average Bonchev–Trinajstić information content (AvgIpc) is 2.99. The van der Waals surface area contributed by atoms with Gasteiger partial charge in [-0.3, -0.25) is 14.5 Å². The van der Waals surface area contributed by atoms with Gasteiger partial charge in [0.1, 0.15) is 11.6 Å². The predicted octanol–water partition coefficient (Wildman–Crippen LogP) is 0.875. The van der Waals surface area contributed by atoms with Gasteiger partial charge < -0.3 is 14.4 Å². The van der Waals surface area contributed by atoms with E-state index >= 15 is 0 Å². The molecule has 154 valence electrons. The van der Waals surface area contributed by atoms with Gasteiger partial charge in [0.25, 0.3) is 0 Å². The lowest BCUT2D eigenvalue weighted by Gasteiger charge is -2.34. The second-order valence-electron chi connectivity index (χ2n) is 8.37. The zero-order chi connectivity index (χ0) is 19.5. The summed E-state index contributed by atoms with van der Waals surface area (Å²) in [6, 6.07) is 0. The molecule has 3 aliphatic rings. The predicted molar refractivity (Wildman–Crippen MR) is 105 cm³/mol. The smallest absolute Gasteiger partial charge is 0.236 e. The molecule has 2 saturated heterocycles. The number of piperidine rings is 2. The second-order valence-corrected chi connectivity index (χ2v) is 8.37. The number of nitrogens with zero attached hydrogens (tertiary/aromatic N) is 6. The largest absolute Gasteiger partial charge is 0.342 e. The minimum absolute atomic E-state index is 0.131.